The van der Waals surface area contributed by atoms with E-state index in [-0.39, 0.29) is 23.0 Å². The highest BCUT2D eigenvalue weighted by atomic mass is 32.2. The van der Waals surface area contributed by atoms with Gasteiger partial charge in [0.15, 0.2) is 6.54 Å². The number of sulfonamides is 1. The number of morpholine rings is 1. The summed E-state index contributed by atoms with van der Waals surface area (Å²) in [5.41, 5.74) is 0. The molecule has 9 heteroatoms. The highest BCUT2D eigenvalue weighted by molar-refractivity contribution is 7.89. The lowest BCUT2D eigenvalue weighted by atomic mass is 10.2. The number of piperazine rings is 1. The molecule has 0 spiro atoms. The van der Waals surface area contributed by atoms with E-state index >= 15 is 0 Å². The van der Waals surface area contributed by atoms with Crippen molar-refractivity contribution >= 4 is 15.9 Å². The molecular weight excluding hydrogens is 382 g/mol. The van der Waals surface area contributed by atoms with Crippen molar-refractivity contribution in [1.29, 1.82) is 0 Å². The smallest absolute Gasteiger partial charge is 0.277 e. The third-order valence-electron chi connectivity index (χ3n) is 5.31. The van der Waals surface area contributed by atoms with Gasteiger partial charge in [0, 0.05) is 26.2 Å². The van der Waals surface area contributed by atoms with E-state index in [4.69, 9.17) is 9.47 Å². The summed E-state index contributed by atoms with van der Waals surface area (Å²) in [5.74, 6) is 0.696. The largest absolute Gasteiger partial charge is 0.497 e. The summed E-state index contributed by atoms with van der Waals surface area (Å²) in [7, 11) is -2.02. The van der Waals surface area contributed by atoms with Gasteiger partial charge in [0.2, 0.25) is 10.0 Å². The Kier molecular flexibility index (Phi) is 6.59. The topological polar surface area (TPSA) is 80.6 Å². The molecule has 1 amide bonds. The first kappa shape index (κ1) is 21.0. The summed E-state index contributed by atoms with van der Waals surface area (Å²) in [5, 5.41) is 0. The van der Waals surface area contributed by atoms with Gasteiger partial charge in [-0.15, -0.1) is 0 Å². The second kappa shape index (κ2) is 8.77. The van der Waals surface area contributed by atoms with Gasteiger partial charge in [-0.25, -0.2) is 8.42 Å². The molecule has 1 aromatic rings. The van der Waals surface area contributed by atoms with Gasteiger partial charge in [0.25, 0.3) is 5.91 Å². The van der Waals surface area contributed by atoms with Crippen LogP contribution in [-0.4, -0.2) is 88.7 Å². The Hall–Kier alpha value is -1.68. The third kappa shape index (κ3) is 4.83. The van der Waals surface area contributed by atoms with E-state index in [2.05, 4.69) is 0 Å². The summed E-state index contributed by atoms with van der Waals surface area (Å²) in [6.45, 7) is 7.60. The lowest BCUT2D eigenvalue weighted by Crippen LogP contribution is -3.16. The number of quaternary nitrogens is 1. The maximum absolute atomic E-state index is 12.8. The Morgan fingerprint density at radius 2 is 1.68 bits per heavy atom. The lowest BCUT2D eigenvalue weighted by molar-refractivity contribution is -0.907. The minimum atomic E-state index is -3.56. The van der Waals surface area contributed by atoms with Crippen molar-refractivity contribution in [1.82, 2.24) is 9.21 Å². The predicted octanol–water partition coefficient (Wildman–Crippen LogP) is -0.780. The molecule has 0 unspecified atom stereocenters. The first-order valence-corrected chi connectivity index (χ1v) is 11.1. The van der Waals surface area contributed by atoms with Crippen LogP contribution in [-0.2, 0) is 19.6 Å². The van der Waals surface area contributed by atoms with Crippen LogP contribution in [0.5, 0.6) is 5.75 Å². The van der Waals surface area contributed by atoms with Crippen molar-refractivity contribution in [2.75, 3.05) is 52.9 Å². The molecular formula is C19H30N3O5S+. The lowest BCUT2D eigenvalue weighted by Gasteiger charge is -2.36. The van der Waals surface area contributed by atoms with Crippen LogP contribution in [0.1, 0.15) is 13.8 Å². The molecule has 156 valence electrons. The molecule has 1 aromatic carbocycles. The standard InChI is InChI=1S/C19H29N3O5S/c1-15-12-20(13-16(2)27-15)14-19(23)21-8-10-22(11-9-21)28(24,25)18-6-4-17(26-3)5-7-18/h4-7,15-16H,8-14H2,1-3H3/p+1/t15-,16-/m1/s1. The monoisotopic (exact) mass is 412 g/mol. The van der Waals surface area contributed by atoms with E-state index in [9.17, 15) is 13.2 Å². The highest BCUT2D eigenvalue weighted by Gasteiger charge is 2.33. The number of nitrogens with zero attached hydrogens (tertiary/aromatic N) is 2. The normalized spacial score (nSPS) is 26.8. The number of rotatable bonds is 5. The molecule has 0 aliphatic carbocycles. The average molecular weight is 413 g/mol. The van der Waals surface area contributed by atoms with Crippen molar-refractivity contribution in [2.45, 2.75) is 31.0 Å². The van der Waals surface area contributed by atoms with Crippen molar-refractivity contribution in [3.8, 4) is 5.75 Å². The summed E-state index contributed by atoms with van der Waals surface area (Å²) >= 11 is 0. The fourth-order valence-corrected chi connectivity index (χ4v) is 5.36. The summed E-state index contributed by atoms with van der Waals surface area (Å²) < 4.78 is 37.9. The molecule has 2 aliphatic heterocycles. The number of hydrogen-bond donors (Lipinski definition) is 1. The Morgan fingerprint density at radius 3 is 2.21 bits per heavy atom. The Labute approximate surface area is 167 Å². The van der Waals surface area contributed by atoms with Crippen LogP contribution in [0.4, 0.5) is 0 Å². The van der Waals surface area contributed by atoms with Gasteiger partial charge in [0.05, 0.1) is 12.0 Å². The van der Waals surface area contributed by atoms with Crippen LogP contribution >= 0.6 is 0 Å². The van der Waals surface area contributed by atoms with Crippen molar-refractivity contribution < 1.29 is 27.6 Å². The second-order valence-electron chi connectivity index (χ2n) is 7.55. The second-order valence-corrected chi connectivity index (χ2v) is 9.49. The zero-order valence-electron chi connectivity index (χ0n) is 16.8. The van der Waals surface area contributed by atoms with Crippen molar-refractivity contribution in [3.05, 3.63) is 24.3 Å². The number of ether oxygens (including phenoxy) is 2. The summed E-state index contributed by atoms with van der Waals surface area (Å²) in [4.78, 5) is 15.9. The molecule has 2 heterocycles. The molecule has 0 saturated carbocycles. The van der Waals surface area contributed by atoms with E-state index in [1.165, 1.54) is 9.21 Å². The number of carbonyl (C=O) groups is 1. The van der Waals surface area contributed by atoms with Crippen molar-refractivity contribution in [2.24, 2.45) is 0 Å². The SMILES string of the molecule is COc1ccc(S(=O)(=O)N2CCN(C(=O)C[NH+]3C[C@@H](C)O[C@H](C)C3)CC2)cc1. The predicted molar refractivity (Wildman–Crippen MR) is 104 cm³/mol. The number of hydrogen-bond acceptors (Lipinski definition) is 5. The zero-order chi connectivity index (χ0) is 20.3. The Balaban J connectivity index is 1.55. The van der Waals surface area contributed by atoms with Gasteiger partial charge in [-0.05, 0) is 38.1 Å². The van der Waals surface area contributed by atoms with E-state index in [1.54, 1.807) is 36.3 Å². The maximum atomic E-state index is 12.8. The van der Waals surface area contributed by atoms with E-state index in [0.29, 0.717) is 38.5 Å². The number of nitrogens with one attached hydrogen (secondary N) is 1. The van der Waals surface area contributed by atoms with Gasteiger partial charge in [-0.3, -0.25) is 4.79 Å². The van der Waals surface area contributed by atoms with Crippen LogP contribution < -0.4 is 9.64 Å². The third-order valence-corrected chi connectivity index (χ3v) is 7.22. The van der Waals surface area contributed by atoms with E-state index < -0.39 is 10.0 Å². The number of methoxy groups -OCH3 is 1. The molecule has 1 N–H and O–H groups in total. The molecule has 2 fully saturated rings. The van der Waals surface area contributed by atoms with Crippen LogP contribution in [0.2, 0.25) is 0 Å². The zero-order valence-corrected chi connectivity index (χ0v) is 17.6. The number of carbonyl (C=O) groups excluding carboxylic acids is 1. The van der Waals surface area contributed by atoms with Crippen LogP contribution in [0, 0.1) is 0 Å². The molecule has 2 aliphatic rings. The molecule has 3 rings (SSSR count). The van der Waals surface area contributed by atoms with Gasteiger partial charge in [0.1, 0.15) is 31.0 Å². The summed E-state index contributed by atoms with van der Waals surface area (Å²) in [6.07, 6.45) is 0.302. The first-order valence-electron chi connectivity index (χ1n) is 9.70. The fourth-order valence-electron chi connectivity index (χ4n) is 3.93. The van der Waals surface area contributed by atoms with Crippen LogP contribution in [0.25, 0.3) is 0 Å². The van der Waals surface area contributed by atoms with Crippen LogP contribution in [0.3, 0.4) is 0 Å². The quantitative estimate of drug-likeness (QED) is 0.686. The first-order chi connectivity index (χ1) is 13.3. The molecule has 0 aromatic heterocycles. The van der Waals surface area contributed by atoms with Gasteiger partial charge >= 0.3 is 0 Å². The maximum Gasteiger partial charge on any atom is 0.277 e. The number of benzene rings is 1. The fraction of sp³-hybridized carbons (Fsp3) is 0.632. The molecule has 8 nitrogen and oxygen atoms in total. The molecule has 0 radical (unpaired) electrons. The minimum absolute atomic E-state index is 0.0813. The molecule has 0 bridgehead atoms. The molecule has 2 saturated heterocycles. The molecule has 28 heavy (non-hydrogen) atoms. The Morgan fingerprint density at radius 1 is 1.11 bits per heavy atom. The van der Waals surface area contributed by atoms with Gasteiger partial charge in [-0.1, -0.05) is 0 Å². The van der Waals surface area contributed by atoms with E-state index in [1.807, 2.05) is 13.8 Å². The average Bonchev–Trinajstić information content (AvgIpc) is 2.67. The number of amides is 1. The van der Waals surface area contributed by atoms with E-state index in [0.717, 1.165) is 13.1 Å². The van der Waals surface area contributed by atoms with Gasteiger partial charge in [-0.2, -0.15) is 4.31 Å². The van der Waals surface area contributed by atoms with Crippen molar-refractivity contribution in [3.63, 3.8) is 0 Å². The summed E-state index contributed by atoms with van der Waals surface area (Å²) in [6, 6.07) is 6.38. The minimum Gasteiger partial charge on any atom is -0.497 e. The van der Waals surface area contributed by atoms with Crippen LogP contribution in [0.15, 0.2) is 29.2 Å². The Bertz CT molecular complexity index is 765. The highest BCUT2D eigenvalue weighted by Crippen LogP contribution is 2.20. The molecule has 2 atom stereocenters. The van der Waals surface area contributed by atoms with Gasteiger partial charge < -0.3 is 19.3 Å².